The number of rotatable bonds is 5. The lowest BCUT2D eigenvalue weighted by Gasteiger charge is -2.42. The van der Waals surface area contributed by atoms with Crippen molar-refractivity contribution in [1.82, 2.24) is 24.5 Å². The number of hydrogen-bond donors (Lipinski definition) is 0. The zero-order chi connectivity index (χ0) is 18.6. The minimum Gasteiger partial charge on any atom is -0.342 e. The highest BCUT2D eigenvalue weighted by molar-refractivity contribution is 5.79. The lowest BCUT2D eigenvalue weighted by atomic mass is 9.93. The molecule has 0 aliphatic carbocycles. The van der Waals surface area contributed by atoms with Gasteiger partial charge in [-0.1, -0.05) is 0 Å². The molecular weight excluding hydrogens is 338 g/mol. The molecule has 150 valence electrons. The van der Waals surface area contributed by atoms with Gasteiger partial charge in [0.2, 0.25) is 5.91 Å². The lowest BCUT2D eigenvalue weighted by Crippen LogP contribution is -2.50. The summed E-state index contributed by atoms with van der Waals surface area (Å²) in [6, 6.07) is 0.661. The van der Waals surface area contributed by atoms with Crippen LogP contribution in [0.25, 0.3) is 0 Å². The van der Waals surface area contributed by atoms with Crippen LogP contribution in [0.5, 0.6) is 0 Å². The second-order valence-electron chi connectivity index (χ2n) is 8.58. The van der Waals surface area contributed by atoms with Gasteiger partial charge in [-0.2, -0.15) is 5.10 Å². The van der Waals surface area contributed by atoms with Crippen LogP contribution in [0, 0.1) is 5.92 Å². The van der Waals surface area contributed by atoms with Crippen LogP contribution in [-0.2, 0) is 17.9 Å². The Balaban J connectivity index is 1.25. The SMILES string of the molecule is CCn1cc(CN2CCC(N3CCC[C@@H](C(=O)N4CCCC4)C3)CC2)cn1. The van der Waals surface area contributed by atoms with E-state index in [-0.39, 0.29) is 5.92 Å². The van der Waals surface area contributed by atoms with E-state index in [4.69, 9.17) is 0 Å². The third-order valence-corrected chi connectivity index (χ3v) is 6.71. The van der Waals surface area contributed by atoms with Crippen LogP contribution in [0.15, 0.2) is 12.4 Å². The average Bonchev–Trinajstić information content (AvgIpc) is 3.40. The minimum absolute atomic E-state index is 0.245. The Kier molecular flexibility index (Phi) is 6.13. The molecule has 4 heterocycles. The highest BCUT2D eigenvalue weighted by atomic mass is 16.2. The number of aromatic nitrogens is 2. The zero-order valence-electron chi connectivity index (χ0n) is 16.9. The van der Waals surface area contributed by atoms with E-state index < -0.39 is 0 Å². The molecule has 4 rings (SSSR count). The summed E-state index contributed by atoms with van der Waals surface area (Å²) >= 11 is 0. The van der Waals surface area contributed by atoms with Gasteiger partial charge in [0.1, 0.15) is 0 Å². The fourth-order valence-corrected chi connectivity index (χ4v) is 5.10. The molecule has 3 aliphatic rings. The molecule has 3 aliphatic heterocycles. The maximum atomic E-state index is 12.8. The van der Waals surface area contributed by atoms with E-state index in [0.29, 0.717) is 11.9 Å². The fraction of sp³-hybridized carbons (Fsp3) is 0.810. The molecule has 0 radical (unpaired) electrons. The Labute approximate surface area is 163 Å². The summed E-state index contributed by atoms with van der Waals surface area (Å²) in [6.45, 7) is 10.5. The van der Waals surface area contributed by atoms with Crippen molar-refractivity contribution in [2.75, 3.05) is 39.3 Å². The molecule has 0 spiro atoms. The smallest absolute Gasteiger partial charge is 0.226 e. The molecule has 3 saturated heterocycles. The highest BCUT2D eigenvalue weighted by Gasteiger charge is 2.34. The first-order chi connectivity index (χ1) is 13.2. The van der Waals surface area contributed by atoms with E-state index in [1.165, 1.54) is 44.2 Å². The van der Waals surface area contributed by atoms with Crippen LogP contribution in [-0.4, -0.2) is 75.7 Å². The summed E-state index contributed by atoms with van der Waals surface area (Å²) < 4.78 is 2.01. The van der Waals surface area contributed by atoms with Crippen LogP contribution in [0.3, 0.4) is 0 Å². The third-order valence-electron chi connectivity index (χ3n) is 6.71. The molecule has 0 N–H and O–H groups in total. The van der Waals surface area contributed by atoms with E-state index >= 15 is 0 Å². The molecule has 6 nitrogen and oxygen atoms in total. The molecular formula is C21H35N5O. The molecule has 1 amide bonds. The van der Waals surface area contributed by atoms with Crippen LogP contribution in [0.4, 0.5) is 0 Å². The van der Waals surface area contributed by atoms with Crippen molar-refractivity contribution in [2.24, 2.45) is 5.92 Å². The van der Waals surface area contributed by atoms with Gasteiger partial charge in [0.15, 0.2) is 0 Å². The number of likely N-dealkylation sites (tertiary alicyclic amines) is 3. The van der Waals surface area contributed by atoms with Crippen molar-refractivity contribution >= 4 is 5.91 Å². The van der Waals surface area contributed by atoms with Gasteiger partial charge in [-0.3, -0.25) is 19.3 Å². The van der Waals surface area contributed by atoms with Gasteiger partial charge in [-0.25, -0.2) is 0 Å². The molecule has 1 atom stereocenters. The number of nitrogens with zero attached hydrogens (tertiary/aromatic N) is 5. The Morgan fingerprint density at radius 1 is 1.07 bits per heavy atom. The molecule has 0 saturated carbocycles. The predicted octanol–water partition coefficient (Wildman–Crippen LogP) is 2.20. The van der Waals surface area contributed by atoms with Gasteiger partial charge in [-0.15, -0.1) is 0 Å². The van der Waals surface area contributed by atoms with Gasteiger partial charge in [0, 0.05) is 50.5 Å². The Morgan fingerprint density at radius 2 is 1.85 bits per heavy atom. The number of aryl methyl sites for hydroxylation is 1. The first-order valence-electron chi connectivity index (χ1n) is 11.0. The topological polar surface area (TPSA) is 44.6 Å². The minimum atomic E-state index is 0.245. The molecule has 0 unspecified atom stereocenters. The first-order valence-corrected chi connectivity index (χ1v) is 11.0. The largest absolute Gasteiger partial charge is 0.342 e. The predicted molar refractivity (Wildman–Crippen MR) is 106 cm³/mol. The lowest BCUT2D eigenvalue weighted by molar-refractivity contribution is -0.136. The van der Waals surface area contributed by atoms with E-state index in [1.807, 2.05) is 10.9 Å². The number of amides is 1. The summed E-state index contributed by atoms with van der Waals surface area (Å²) in [5.41, 5.74) is 1.32. The van der Waals surface area contributed by atoms with Gasteiger partial charge in [-0.05, 0) is 65.1 Å². The van der Waals surface area contributed by atoms with Crippen LogP contribution in [0.2, 0.25) is 0 Å². The van der Waals surface area contributed by atoms with Crippen molar-refractivity contribution in [3.8, 4) is 0 Å². The summed E-state index contributed by atoms with van der Waals surface area (Å²) in [6.07, 6.45) is 11.3. The van der Waals surface area contributed by atoms with E-state index in [0.717, 1.165) is 52.2 Å². The van der Waals surface area contributed by atoms with Gasteiger partial charge in [0.25, 0.3) is 0 Å². The normalized spacial score (nSPS) is 26.0. The van der Waals surface area contributed by atoms with Crippen molar-refractivity contribution in [3.63, 3.8) is 0 Å². The Morgan fingerprint density at radius 3 is 2.56 bits per heavy atom. The fourth-order valence-electron chi connectivity index (χ4n) is 5.10. The third kappa shape index (κ3) is 4.54. The molecule has 0 aromatic carbocycles. The Hall–Kier alpha value is -1.40. The number of carbonyl (C=O) groups excluding carboxylic acids is 1. The zero-order valence-corrected chi connectivity index (χ0v) is 16.9. The second kappa shape index (κ2) is 8.74. The van der Waals surface area contributed by atoms with Crippen LogP contribution < -0.4 is 0 Å². The molecule has 1 aromatic rings. The average molecular weight is 374 g/mol. The van der Waals surface area contributed by atoms with Crippen LogP contribution >= 0.6 is 0 Å². The molecule has 27 heavy (non-hydrogen) atoms. The van der Waals surface area contributed by atoms with E-state index in [9.17, 15) is 4.79 Å². The Bertz CT molecular complexity index is 616. The highest BCUT2D eigenvalue weighted by Crippen LogP contribution is 2.26. The summed E-state index contributed by atoms with van der Waals surface area (Å²) in [4.78, 5) is 20.1. The summed E-state index contributed by atoms with van der Waals surface area (Å²) in [7, 11) is 0. The van der Waals surface area contributed by atoms with Crippen molar-refractivity contribution < 1.29 is 4.79 Å². The maximum Gasteiger partial charge on any atom is 0.226 e. The second-order valence-corrected chi connectivity index (χ2v) is 8.58. The molecule has 3 fully saturated rings. The van der Waals surface area contributed by atoms with Gasteiger partial charge >= 0.3 is 0 Å². The molecule has 6 heteroatoms. The van der Waals surface area contributed by atoms with Gasteiger partial charge < -0.3 is 4.90 Å². The standard InChI is InChI=1S/C21H35N5O/c1-2-26-16-18(14-22-26)15-23-12-7-20(8-13-23)25-11-5-6-19(17-25)21(27)24-9-3-4-10-24/h14,16,19-20H,2-13,15,17H2,1H3/t19-/m1/s1. The monoisotopic (exact) mass is 373 g/mol. The quantitative estimate of drug-likeness (QED) is 0.794. The van der Waals surface area contributed by atoms with Crippen LogP contribution in [0.1, 0.15) is 51.0 Å². The van der Waals surface area contributed by atoms with Crippen molar-refractivity contribution in [2.45, 2.75) is 64.6 Å². The van der Waals surface area contributed by atoms with E-state index in [1.54, 1.807) is 0 Å². The molecule has 0 bridgehead atoms. The number of piperidine rings is 2. The molecule has 1 aromatic heterocycles. The van der Waals surface area contributed by atoms with Gasteiger partial charge in [0.05, 0.1) is 12.1 Å². The first kappa shape index (κ1) is 18.9. The number of hydrogen-bond acceptors (Lipinski definition) is 4. The van der Waals surface area contributed by atoms with Crippen molar-refractivity contribution in [3.05, 3.63) is 18.0 Å². The van der Waals surface area contributed by atoms with Crippen molar-refractivity contribution in [1.29, 1.82) is 0 Å². The number of carbonyl (C=O) groups is 1. The van der Waals surface area contributed by atoms with E-state index in [2.05, 4.69) is 32.9 Å². The summed E-state index contributed by atoms with van der Waals surface area (Å²) in [5.74, 6) is 0.678. The summed E-state index contributed by atoms with van der Waals surface area (Å²) in [5, 5.41) is 4.39. The maximum absolute atomic E-state index is 12.8.